The van der Waals surface area contributed by atoms with Gasteiger partial charge in [0.15, 0.2) is 0 Å². The first-order chi connectivity index (χ1) is 8.74. The van der Waals surface area contributed by atoms with Crippen molar-refractivity contribution in [2.24, 2.45) is 5.92 Å². The second kappa shape index (κ2) is 12.4. The van der Waals surface area contributed by atoms with Crippen LogP contribution in [0.3, 0.4) is 0 Å². The van der Waals surface area contributed by atoms with Gasteiger partial charge >= 0.3 is 0 Å². The van der Waals surface area contributed by atoms with Crippen LogP contribution >= 0.6 is 0 Å². The molecule has 0 saturated heterocycles. The highest BCUT2D eigenvalue weighted by Gasteiger charge is 1.95. The highest BCUT2D eigenvalue weighted by Crippen LogP contribution is 2.12. The van der Waals surface area contributed by atoms with Gasteiger partial charge in [-0.3, -0.25) is 0 Å². The molecule has 0 aromatic carbocycles. The molecule has 0 N–H and O–H groups in total. The molecule has 18 heavy (non-hydrogen) atoms. The van der Waals surface area contributed by atoms with Crippen LogP contribution < -0.4 is 0 Å². The fourth-order valence-electron chi connectivity index (χ4n) is 1.77. The lowest BCUT2D eigenvalue weighted by Crippen LogP contribution is -1.87. The summed E-state index contributed by atoms with van der Waals surface area (Å²) in [6.07, 6.45) is 21.7. The lowest BCUT2D eigenvalue weighted by atomic mass is 10.0. The minimum atomic E-state index is 0.639. The van der Waals surface area contributed by atoms with Gasteiger partial charge in [0, 0.05) is 0 Å². The van der Waals surface area contributed by atoms with Crippen molar-refractivity contribution in [2.45, 2.75) is 59.8 Å². The van der Waals surface area contributed by atoms with E-state index in [9.17, 15) is 0 Å². The topological polar surface area (TPSA) is 0 Å². The van der Waals surface area contributed by atoms with E-state index in [1.807, 2.05) is 0 Å². The van der Waals surface area contributed by atoms with Crippen molar-refractivity contribution in [3.8, 4) is 0 Å². The first kappa shape index (κ1) is 17.0. The smallest absolute Gasteiger partial charge is 0.0101 e. The molecule has 0 spiro atoms. The van der Waals surface area contributed by atoms with Crippen molar-refractivity contribution < 1.29 is 0 Å². The number of unbranched alkanes of at least 4 members (excludes halogenated alkanes) is 2. The third kappa shape index (κ3) is 10.1. The Kier molecular flexibility index (Phi) is 11.7. The van der Waals surface area contributed by atoms with E-state index >= 15 is 0 Å². The average Bonchev–Trinajstić information content (AvgIpc) is 2.37. The lowest BCUT2D eigenvalue weighted by Gasteiger charge is -2.03. The maximum atomic E-state index is 2.38. The zero-order valence-corrected chi connectivity index (χ0v) is 12.7. The van der Waals surface area contributed by atoms with Crippen molar-refractivity contribution in [3.05, 3.63) is 48.1 Å². The molecule has 0 bridgehead atoms. The first-order valence-corrected chi connectivity index (χ1v) is 7.34. The van der Waals surface area contributed by atoms with Crippen LogP contribution in [0.1, 0.15) is 59.8 Å². The molecule has 0 aliphatic rings. The van der Waals surface area contributed by atoms with E-state index in [0.717, 1.165) is 12.8 Å². The molecule has 0 aliphatic carbocycles. The van der Waals surface area contributed by atoms with Gasteiger partial charge in [0.05, 0.1) is 0 Å². The average molecular weight is 246 g/mol. The van der Waals surface area contributed by atoms with E-state index in [4.69, 9.17) is 0 Å². The predicted molar refractivity (Wildman–Crippen MR) is 84.8 cm³/mol. The van der Waals surface area contributed by atoms with Crippen LogP contribution in [0.2, 0.25) is 0 Å². The van der Waals surface area contributed by atoms with Gasteiger partial charge in [-0.05, 0) is 44.6 Å². The Labute approximate surface area is 114 Å². The van der Waals surface area contributed by atoms with Gasteiger partial charge < -0.3 is 0 Å². The third-order valence-corrected chi connectivity index (χ3v) is 2.92. The van der Waals surface area contributed by atoms with Gasteiger partial charge in [-0.15, -0.1) is 0 Å². The summed E-state index contributed by atoms with van der Waals surface area (Å²) in [6, 6.07) is 0. The van der Waals surface area contributed by atoms with Gasteiger partial charge in [-0.2, -0.15) is 0 Å². The zero-order valence-electron chi connectivity index (χ0n) is 12.7. The molecule has 0 heterocycles. The highest BCUT2D eigenvalue weighted by molar-refractivity contribution is 5.21. The molecule has 0 saturated carbocycles. The van der Waals surface area contributed by atoms with Gasteiger partial charge in [-0.25, -0.2) is 0 Å². The molecule has 0 aromatic heterocycles. The normalized spacial score (nSPS) is 15.2. The van der Waals surface area contributed by atoms with Gasteiger partial charge in [0.2, 0.25) is 0 Å². The molecule has 1 unspecified atom stereocenters. The largest absolute Gasteiger partial charge is 0.0914 e. The Bertz CT molecular complexity index is 289. The SMILES string of the molecule is CC=CCC(C=CCCCC)=CCC(C)C=CC. The van der Waals surface area contributed by atoms with Crippen LogP contribution in [0, 0.1) is 5.92 Å². The van der Waals surface area contributed by atoms with Gasteiger partial charge in [0.25, 0.3) is 0 Å². The number of hydrogen-bond donors (Lipinski definition) is 0. The summed E-state index contributed by atoms with van der Waals surface area (Å²) < 4.78 is 0. The molecule has 0 rings (SSSR count). The number of allylic oxidation sites excluding steroid dienone is 8. The number of rotatable bonds is 9. The minimum absolute atomic E-state index is 0.639. The summed E-state index contributed by atoms with van der Waals surface area (Å²) in [5, 5.41) is 0. The molecule has 0 aromatic rings. The van der Waals surface area contributed by atoms with E-state index < -0.39 is 0 Å². The molecule has 0 aliphatic heterocycles. The van der Waals surface area contributed by atoms with Crippen LogP contribution in [0.15, 0.2) is 48.1 Å². The van der Waals surface area contributed by atoms with E-state index in [1.165, 1.54) is 24.8 Å². The van der Waals surface area contributed by atoms with Crippen LogP contribution in [0.4, 0.5) is 0 Å². The molecule has 102 valence electrons. The van der Waals surface area contributed by atoms with E-state index in [1.54, 1.807) is 0 Å². The van der Waals surface area contributed by atoms with Gasteiger partial charge in [0.1, 0.15) is 0 Å². The summed E-state index contributed by atoms with van der Waals surface area (Å²) in [6.45, 7) is 8.68. The van der Waals surface area contributed by atoms with Crippen molar-refractivity contribution in [1.29, 1.82) is 0 Å². The van der Waals surface area contributed by atoms with Crippen LogP contribution in [0.5, 0.6) is 0 Å². The molecule has 0 nitrogen and oxygen atoms in total. The Balaban J connectivity index is 4.36. The molecular formula is C18H30. The molecule has 0 heteroatoms. The molecular weight excluding hydrogens is 216 g/mol. The second-order valence-corrected chi connectivity index (χ2v) is 4.84. The fraction of sp³-hybridized carbons (Fsp3) is 0.556. The summed E-state index contributed by atoms with van der Waals surface area (Å²) in [4.78, 5) is 0. The maximum absolute atomic E-state index is 2.38. The summed E-state index contributed by atoms with van der Waals surface area (Å²) >= 11 is 0. The predicted octanol–water partition coefficient (Wildman–Crippen LogP) is 6.23. The Morgan fingerprint density at radius 1 is 1.11 bits per heavy atom. The lowest BCUT2D eigenvalue weighted by molar-refractivity contribution is 0.739. The first-order valence-electron chi connectivity index (χ1n) is 7.34. The molecule has 0 radical (unpaired) electrons. The monoisotopic (exact) mass is 246 g/mol. The Morgan fingerprint density at radius 3 is 2.50 bits per heavy atom. The van der Waals surface area contributed by atoms with E-state index in [2.05, 4.69) is 70.2 Å². The summed E-state index contributed by atoms with van der Waals surface area (Å²) in [7, 11) is 0. The quantitative estimate of drug-likeness (QED) is 0.257. The third-order valence-electron chi connectivity index (χ3n) is 2.92. The Hall–Kier alpha value is -1.04. The fourth-order valence-corrected chi connectivity index (χ4v) is 1.77. The Morgan fingerprint density at radius 2 is 1.89 bits per heavy atom. The van der Waals surface area contributed by atoms with E-state index in [-0.39, 0.29) is 0 Å². The van der Waals surface area contributed by atoms with Crippen LogP contribution in [0.25, 0.3) is 0 Å². The second-order valence-electron chi connectivity index (χ2n) is 4.84. The molecule has 1 atom stereocenters. The van der Waals surface area contributed by atoms with Crippen molar-refractivity contribution in [2.75, 3.05) is 0 Å². The standard InChI is InChI=1S/C18H30/c1-5-8-10-11-14-18(13-9-6-2)16-15-17(4)12-7-3/h6-7,9,11-12,14,16-17H,5,8,10,13,15H2,1-4H3. The summed E-state index contributed by atoms with van der Waals surface area (Å²) in [5.41, 5.74) is 1.44. The summed E-state index contributed by atoms with van der Waals surface area (Å²) in [5.74, 6) is 0.639. The maximum Gasteiger partial charge on any atom is -0.0101 e. The van der Waals surface area contributed by atoms with Crippen molar-refractivity contribution in [1.82, 2.24) is 0 Å². The van der Waals surface area contributed by atoms with Crippen molar-refractivity contribution in [3.63, 3.8) is 0 Å². The van der Waals surface area contributed by atoms with Gasteiger partial charge in [-0.1, -0.05) is 69.2 Å². The van der Waals surface area contributed by atoms with E-state index in [0.29, 0.717) is 5.92 Å². The van der Waals surface area contributed by atoms with Crippen LogP contribution in [-0.4, -0.2) is 0 Å². The number of hydrogen-bond acceptors (Lipinski definition) is 0. The molecule has 0 fully saturated rings. The zero-order chi connectivity index (χ0) is 13.6. The molecule has 0 amide bonds. The van der Waals surface area contributed by atoms with Crippen LogP contribution in [-0.2, 0) is 0 Å². The van der Waals surface area contributed by atoms with Crippen molar-refractivity contribution >= 4 is 0 Å². The highest BCUT2D eigenvalue weighted by atomic mass is 14.0. The minimum Gasteiger partial charge on any atom is -0.0914 e.